The van der Waals surface area contributed by atoms with E-state index in [1.807, 2.05) is 31.2 Å². The zero-order valence-electron chi connectivity index (χ0n) is 11.5. The van der Waals surface area contributed by atoms with Crippen molar-refractivity contribution in [2.24, 2.45) is 0 Å². The highest BCUT2D eigenvalue weighted by Crippen LogP contribution is 2.25. The fourth-order valence-electron chi connectivity index (χ4n) is 2.03. The molecular formula is C17H15NO2. The van der Waals surface area contributed by atoms with Gasteiger partial charge in [-0.15, -0.1) is 0 Å². The molecule has 2 aromatic carbocycles. The second-order valence-corrected chi connectivity index (χ2v) is 4.46. The smallest absolute Gasteiger partial charge is 0.338 e. The molecule has 100 valence electrons. The number of nitriles is 1. The highest BCUT2D eigenvalue weighted by atomic mass is 16.5. The average Bonchev–Trinajstić information content (AvgIpc) is 2.47. The Morgan fingerprint density at radius 3 is 2.75 bits per heavy atom. The van der Waals surface area contributed by atoms with E-state index < -0.39 is 0 Å². The summed E-state index contributed by atoms with van der Waals surface area (Å²) in [4.78, 5) is 11.7. The topological polar surface area (TPSA) is 50.1 Å². The molecule has 3 heteroatoms. The lowest BCUT2D eigenvalue weighted by molar-refractivity contribution is 0.0526. The molecule has 2 aromatic rings. The Morgan fingerprint density at radius 2 is 2.05 bits per heavy atom. The fraction of sp³-hybridized carbons (Fsp3) is 0.176. The van der Waals surface area contributed by atoms with Gasteiger partial charge in [0.25, 0.3) is 0 Å². The van der Waals surface area contributed by atoms with E-state index in [1.165, 1.54) is 0 Å². The van der Waals surface area contributed by atoms with Crippen LogP contribution in [0.5, 0.6) is 0 Å². The van der Waals surface area contributed by atoms with Gasteiger partial charge < -0.3 is 4.74 Å². The van der Waals surface area contributed by atoms with E-state index in [0.29, 0.717) is 17.7 Å². The maximum atomic E-state index is 11.7. The van der Waals surface area contributed by atoms with Crippen molar-refractivity contribution in [3.63, 3.8) is 0 Å². The molecule has 0 unspecified atom stereocenters. The van der Waals surface area contributed by atoms with Crippen LogP contribution >= 0.6 is 0 Å². The lowest BCUT2D eigenvalue weighted by Crippen LogP contribution is -2.04. The minimum atomic E-state index is -0.347. The van der Waals surface area contributed by atoms with Crippen molar-refractivity contribution in [2.75, 3.05) is 6.61 Å². The first-order chi connectivity index (χ1) is 9.65. The first-order valence-corrected chi connectivity index (χ1v) is 6.44. The van der Waals surface area contributed by atoms with Crippen molar-refractivity contribution in [2.45, 2.75) is 13.8 Å². The Balaban J connectivity index is 2.47. The molecule has 0 bridgehead atoms. The van der Waals surface area contributed by atoms with Crippen LogP contribution in [0.1, 0.15) is 28.4 Å². The van der Waals surface area contributed by atoms with Crippen LogP contribution in [0.2, 0.25) is 0 Å². The Hall–Kier alpha value is -2.60. The molecule has 3 nitrogen and oxygen atoms in total. The van der Waals surface area contributed by atoms with E-state index in [9.17, 15) is 10.1 Å². The summed E-state index contributed by atoms with van der Waals surface area (Å²) < 4.78 is 4.99. The largest absolute Gasteiger partial charge is 0.462 e. The summed E-state index contributed by atoms with van der Waals surface area (Å²) in [7, 11) is 0. The molecule has 0 aromatic heterocycles. The van der Waals surface area contributed by atoms with Gasteiger partial charge in [-0.3, -0.25) is 0 Å². The number of rotatable bonds is 3. The van der Waals surface area contributed by atoms with E-state index in [2.05, 4.69) is 6.07 Å². The molecule has 0 amide bonds. The Labute approximate surface area is 118 Å². The second kappa shape index (κ2) is 6.03. The lowest BCUT2D eigenvalue weighted by atomic mass is 9.97. The van der Waals surface area contributed by atoms with Crippen LogP contribution in [0.3, 0.4) is 0 Å². The second-order valence-electron chi connectivity index (χ2n) is 4.46. The molecule has 20 heavy (non-hydrogen) atoms. The van der Waals surface area contributed by atoms with Crippen molar-refractivity contribution in [1.29, 1.82) is 5.26 Å². The van der Waals surface area contributed by atoms with Gasteiger partial charge >= 0.3 is 5.97 Å². The molecule has 0 saturated heterocycles. The van der Waals surface area contributed by atoms with E-state index in [0.717, 1.165) is 16.7 Å². The van der Waals surface area contributed by atoms with Crippen LogP contribution in [0, 0.1) is 18.3 Å². The van der Waals surface area contributed by atoms with Gasteiger partial charge in [0.15, 0.2) is 0 Å². The Morgan fingerprint density at radius 1 is 1.25 bits per heavy atom. The number of ether oxygens (including phenoxy) is 1. The first-order valence-electron chi connectivity index (χ1n) is 6.44. The Kier molecular flexibility index (Phi) is 4.17. The zero-order chi connectivity index (χ0) is 14.5. The van der Waals surface area contributed by atoms with Crippen molar-refractivity contribution < 1.29 is 9.53 Å². The van der Waals surface area contributed by atoms with Crippen molar-refractivity contribution in [1.82, 2.24) is 0 Å². The van der Waals surface area contributed by atoms with Gasteiger partial charge in [-0.25, -0.2) is 4.79 Å². The molecule has 2 rings (SSSR count). The number of carbonyl (C=O) groups is 1. The van der Waals surface area contributed by atoms with Crippen LogP contribution in [-0.2, 0) is 4.74 Å². The summed E-state index contributed by atoms with van der Waals surface area (Å²) in [6, 6.07) is 15.0. The Bertz CT molecular complexity index is 684. The summed E-state index contributed by atoms with van der Waals surface area (Å²) in [5.41, 5.74) is 3.79. The summed E-state index contributed by atoms with van der Waals surface area (Å²) >= 11 is 0. The normalized spacial score (nSPS) is 9.85. The standard InChI is InChI=1S/C17H15NO2/c1-3-20-17(19)14-6-4-5-13(10-14)16-8-7-12(2)9-15(16)11-18/h4-10H,3H2,1-2H3. The highest BCUT2D eigenvalue weighted by molar-refractivity contribution is 5.91. The van der Waals surface area contributed by atoms with Gasteiger partial charge in [-0.05, 0) is 48.7 Å². The number of carbonyl (C=O) groups excluding carboxylic acids is 1. The van der Waals surface area contributed by atoms with Gasteiger partial charge in [0.05, 0.1) is 23.8 Å². The average molecular weight is 265 g/mol. The monoisotopic (exact) mass is 265 g/mol. The SMILES string of the molecule is CCOC(=O)c1cccc(-c2ccc(C)cc2C#N)c1. The van der Waals surface area contributed by atoms with Gasteiger partial charge in [0.2, 0.25) is 0 Å². The van der Waals surface area contributed by atoms with Gasteiger partial charge in [0, 0.05) is 0 Å². The number of aryl methyl sites for hydroxylation is 1. The molecule has 0 aliphatic carbocycles. The summed E-state index contributed by atoms with van der Waals surface area (Å²) in [6.07, 6.45) is 0. The van der Waals surface area contributed by atoms with E-state index in [-0.39, 0.29) is 5.97 Å². The van der Waals surface area contributed by atoms with Gasteiger partial charge in [0.1, 0.15) is 0 Å². The molecule has 0 radical (unpaired) electrons. The molecule has 0 aliphatic heterocycles. The van der Waals surface area contributed by atoms with Crippen LogP contribution in [-0.4, -0.2) is 12.6 Å². The number of benzene rings is 2. The molecule has 0 aliphatic rings. The van der Waals surface area contributed by atoms with Crippen LogP contribution in [0.4, 0.5) is 0 Å². The predicted octanol–water partition coefficient (Wildman–Crippen LogP) is 3.71. The quantitative estimate of drug-likeness (QED) is 0.795. The van der Waals surface area contributed by atoms with E-state index in [4.69, 9.17) is 4.74 Å². The number of hydrogen-bond donors (Lipinski definition) is 0. The fourth-order valence-corrected chi connectivity index (χ4v) is 2.03. The third-order valence-electron chi connectivity index (χ3n) is 2.98. The summed E-state index contributed by atoms with van der Waals surface area (Å²) in [5.74, 6) is -0.347. The van der Waals surface area contributed by atoms with Gasteiger partial charge in [-0.1, -0.05) is 24.3 Å². The number of hydrogen-bond acceptors (Lipinski definition) is 3. The molecule has 0 spiro atoms. The van der Waals surface area contributed by atoms with Crippen molar-refractivity contribution in [3.05, 3.63) is 59.2 Å². The van der Waals surface area contributed by atoms with Crippen LogP contribution in [0.15, 0.2) is 42.5 Å². The third kappa shape index (κ3) is 2.86. The highest BCUT2D eigenvalue weighted by Gasteiger charge is 2.10. The maximum absolute atomic E-state index is 11.7. The summed E-state index contributed by atoms with van der Waals surface area (Å²) in [5, 5.41) is 9.23. The lowest BCUT2D eigenvalue weighted by Gasteiger charge is -2.07. The molecule has 0 saturated carbocycles. The van der Waals surface area contributed by atoms with Crippen LogP contribution < -0.4 is 0 Å². The molecule has 0 fully saturated rings. The minimum Gasteiger partial charge on any atom is -0.462 e. The maximum Gasteiger partial charge on any atom is 0.338 e. The molecule has 0 atom stereocenters. The van der Waals surface area contributed by atoms with E-state index >= 15 is 0 Å². The molecular weight excluding hydrogens is 250 g/mol. The van der Waals surface area contributed by atoms with Gasteiger partial charge in [-0.2, -0.15) is 5.26 Å². The third-order valence-corrected chi connectivity index (χ3v) is 2.98. The summed E-state index contributed by atoms with van der Waals surface area (Å²) in [6.45, 7) is 4.06. The minimum absolute atomic E-state index is 0.344. The number of esters is 1. The number of nitrogens with zero attached hydrogens (tertiary/aromatic N) is 1. The molecule has 0 N–H and O–H groups in total. The first kappa shape index (κ1) is 13.8. The van der Waals surface area contributed by atoms with E-state index in [1.54, 1.807) is 25.1 Å². The molecule has 0 heterocycles. The van der Waals surface area contributed by atoms with Crippen LogP contribution in [0.25, 0.3) is 11.1 Å². The van der Waals surface area contributed by atoms with Crippen molar-refractivity contribution >= 4 is 5.97 Å². The zero-order valence-corrected chi connectivity index (χ0v) is 11.5. The predicted molar refractivity (Wildman–Crippen MR) is 77.3 cm³/mol. The van der Waals surface area contributed by atoms with Crippen molar-refractivity contribution in [3.8, 4) is 17.2 Å².